The van der Waals surface area contributed by atoms with Crippen LogP contribution in [-0.2, 0) is 26.5 Å². The number of hydrogen-bond acceptors (Lipinski definition) is 4. The average Bonchev–Trinajstić information content (AvgIpc) is 3.25. The van der Waals surface area contributed by atoms with Crippen molar-refractivity contribution in [3.8, 4) is 56.6 Å². The van der Waals surface area contributed by atoms with Crippen LogP contribution < -0.4 is 25.9 Å². The minimum Gasteiger partial charge on any atom is -0.503 e. The molecule has 4 nitrogen and oxygen atoms in total. The van der Waals surface area contributed by atoms with E-state index in [-0.39, 0.29) is 54.6 Å². The van der Waals surface area contributed by atoms with Crippen molar-refractivity contribution in [1.29, 1.82) is 0 Å². The number of nitrogens with zero attached hydrogens (tertiary/aromatic N) is 2. The normalized spacial score (nSPS) is 16.1. The molecule has 4 heterocycles. The Morgan fingerprint density at radius 3 is 2.17 bits per heavy atom. The Labute approximate surface area is 348 Å². The maximum Gasteiger partial charge on any atom is 0.239 e. The van der Waals surface area contributed by atoms with E-state index in [1.165, 1.54) is 30.5 Å². The summed E-state index contributed by atoms with van der Waals surface area (Å²) >= 11 is 0. The summed E-state index contributed by atoms with van der Waals surface area (Å²) < 4.78 is 99.5. The first-order chi connectivity index (χ1) is 30.0. The van der Waals surface area contributed by atoms with E-state index < -0.39 is 32.3 Å². The maximum absolute atomic E-state index is 8.73. The summed E-state index contributed by atoms with van der Waals surface area (Å²) in [5, 5.41) is 0. The molecule has 2 aromatic heterocycles. The van der Waals surface area contributed by atoms with Crippen molar-refractivity contribution in [2.24, 2.45) is 5.41 Å². The number of hydrogen-bond donors (Lipinski definition) is 0. The molecular weight excluding hydrogens is 840 g/mol. The third-order valence-corrected chi connectivity index (χ3v) is 9.01. The van der Waals surface area contributed by atoms with Gasteiger partial charge in [0.05, 0.1) is 0 Å². The van der Waals surface area contributed by atoms with Gasteiger partial charge in [0.15, 0.2) is 0 Å². The van der Waals surface area contributed by atoms with E-state index in [1.54, 1.807) is 36.5 Å². The van der Waals surface area contributed by atoms with Crippen LogP contribution in [0.3, 0.4) is 0 Å². The molecule has 0 aliphatic carbocycles. The molecule has 1 radical (unpaired) electrons. The number of fused-ring (bicyclic) bond motifs is 4. The molecule has 269 valence electrons. The Kier molecular flexibility index (Phi) is 7.24. The van der Waals surface area contributed by atoms with Gasteiger partial charge in [-0.05, 0) is 88.3 Å². The number of rotatable bonds is 4. The molecule has 0 saturated carbocycles. The molecule has 5 aromatic carbocycles. The Morgan fingerprint density at radius 1 is 0.704 bits per heavy atom. The van der Waals surface area contributed by atoms with Crippen molar-refractivity contribution >= 4 is 23.1 Å². The van der Waals surface area contributed by atoms with Crippen molar-refractivity contribution in [1.82, 2.24) is 9.97 Å². The van der Waals surface area contributed by atoms with Crippen LogP contribution in [0.1, 0.15) is 58.1 Å². The average molecular weight is 892 g/mol. The van der Waals surface area contributed by atoms with Gasteiger partial charge in [0, 0.05) is 59.1 Å². The summed E-state index contributed by atoms with van der Waals surface area (Å²) in [7, 11) is 0. The number of aromatic nitrogens is 2. The van der Waals surface area contributed by atoms with Gasteiger partial charge < -0.3 is 19.4 Å². The van der Waals surface area contributed by atoms with Gasteiger partial charge in [0.2, 0.25) is 6.71 Å². The molecule has 9 rings (SSSR count). The first-order valence-electron chi connectivity index (χ1n) is 22.8. The fraction of sp³-hybridized carbons (Fsp3) is 0.167. The summed E-state index contributed by atoms with van der Waals surface area (Å²) in [6.07, 6.45) is 1.34. The van der Waals surface area contributed by atoms with Crippen LogP contribution in [0.25, 0.3) is 33.6 Å². The molecule has 2 aliphatic heterocycles. The van der Waals surface area contributed by atoms with E-state index >= 15 is 0 Å². The Morgan fingerprint density at radius 2 is 1.44 bits per heavy atom. The van der Waals surface area contributed by atoms with Crippen molar-refractivity contribution in [2.45, 2.75) is 47.7 Å². The van der Waals surface area contributed by atoms with Crippen LogP contribution in [0.4, 0.5) is 0 Å². The number of para-hydroxylation sites is 2. The van der Waals surface area contributed by atoms with Gasteiger partial charge in [-0.25, -0.2) is 0 Å². The van der Waals surface area contributed by atoms with Crippen LogP contribution in [0.15, 0.2) is 128 Å². The van der Waals surface area contributed by atoms with Gasteiger partial charge in [-0.3, -0.25) is 0 Å². The van der Waals surface area contributed by atoms with Gasteiger partial charge in [-0.15, -0.1) is 47.5 Å². The molecule has 0 atom stereocenters. The summed E-state index contributed by atoms with van der Waals surface area (Å²) in [6.45, 7) is -1.52. The smallest absolute Gasteiger partial charge is 0.239 e. The molecule has 7 aromatic rings. The zero-order valence-electron chi connectivity index (χ0n) is 40.7. The Bertz CT molecular complexity index is 2880. The molecule has 0 unspecified atom stereocenters. The van der Waals surface area contributed by atoms with Gasteiger partial charge in [0.25, 0.3) is 0 Å². The summed E-state index contributed by atoms with van der Waals surface area (Å²) in [5.74, 6) is 3.02. The van der Waals surface area contributed by atoms with E-state index in [2.05, 4.69) is 34.2 Å². The Balaban J connectivity index is 0.000000193. The van der Waals surface area contributed by atoms with Crippen molar-refractivity contribution < 1.29 is 44.7 Å². The van der Waals surface area contributed by atoms with Crippen molar-refractivity contribution in [2.75, 3.05) is 0 Å². The molecule has 0 saturated heterocycles. The monoisotopic (exact) mass is 892 g/mol. The van der Waals surface area contributed by atoms with Crippen LogP contribution >= 0.6 is 0 Å². The maximum atomic E-state index is 8.73. The largest absolute Gasteiger partial charge is 0.503 e. The molecule has 0 fully saturated rings. The third kappa shape index (κ3) is 7.42. The van der Waals surface area contributed by atoms with Crippen molar-refractivity contribution in [3.05, 3.63) is 162 Å². The first kappa shape index (κ1) is 25.7. The van der Waals surface area contributed by atoms with Gasteiger partial charge >= 0.3 is 0 Å². The van der Waals surface area contributed by atoms with Gasteiger partial charge in [0.1, 0.15) is 11.5 Å². The van der Waals surface area contributed by atoms with E-state index in [0.29, 0.717) is 33.8 Å². The molecule has 0 N–H and O–H groups in total. The standard InChI is InChI=1S/C28H23BNO2.C20H18N.Ir/c1-28(2,3)17-18-14-15-30-22(16-18)19-12-13-25-26-27(19)32-24-11-7-5-9-21(24)29(26)20-8-4-6-10-23(20)31-25;1-14-8-10-17(11-9-14)20-12-19(16(3)13-21-20)18-7-5-4-6-15(18)2;/h4-11,13-16H,17H2,1-3H3;4-10,12-13H,1-3H3;/q2*-1;/i17D2;1D3,2D3,3D3;. The fourth-order valence-corrected chi connectivity index (χ4v) is 6.72. The SMILES string of the molecule is [2H]C([2H])([2H])c1c[c-]c(-c2cc(-c3ccccc3C([2H])([2H])[2H])c(C([2H])([2H])[2H])cn2)cc1.[2H]C([2H])(c1ccnc(-c2[c-]cc3c4c2Oc2ccccc2B4c2ccccc2O3)c1)C(C)(C)C.[Ir]. The molecule has 6 heteroatoms. The molecule has 0 spiro atoms. The van der Waals surface area contributed by atoms with Crippen molar-refractivity contribution in [3.63, 3.8) is 0 Å². The zero-order chi connectivity index (χ0) is 46.0. The van der Waals surface area contributed by atoms with E-state index in [4.69, 9.17) is 24.6 Å². The van der Waals surface area contributed by atoms with Crippen LogP contribution in [0.2, 0.25) is 0 Å². The second kappa shape index (κ2) is 15.2. The van der Waals surface area contributed by atoms with Gasteiger partial charge in [-0.1, -0.05) is 117 Å². The number of ether oxygens (including phenoxy) is 2. The minimum atomic E-state index is -2.50. The predicted molar refractivity (Wildman–Crippen MR) is 218 cm³/mol. The van der Waals surface area contributed by atoms with Crippen LogP contribution in [0, 0.1) is 38.1 Å². The fourth-order valence-electron chi connectivity index (χ4n) is 6.72. The van der Waals surface area contributed by atoms with E-state index in [0.717, 1.165) is 33.6 Å². The quantitative estimate of drug-likeness (QED) is 0.131. The topological polar surface area (TPSA) is 44.2 Å². The summed E-state index contributed by atoms with van der Waals surface area (Å²) in [6, 6.07) is 39.9. The summed E-state index contributed by atoms with van der Waals surface area (Å²) in [5.41, 5.74) is 5.91. The minimum absolute atomic E-state index is 0. The van der Waals surface area contributed by atoms with Crippen LogP contribution in [-0.4, -0.2) is 16.7 Å². The predicted octanol–water partition coefficient (Wildman–Crippen LogP) is 10.0. The third-order valence-electron chi connectivity index (χ3n) is 9.01. The zero-order valence-corrected chi connectivity index (χ0v) is 32.1. The second-order valence-electron chi connectivity index (χ2n) is 13.9. The number of pyridine rings is 2. The molecule has 0 amide bonds. The second-order valence-corrected chi connectivity index (χ2v) is 13.9. The number of aryl methyl sites for hydroxylation is 3. The molecule has 2 aliphatic rings. The van der Waals surface area contributed by atoms with Gasteiger partial charge in [-0.2, -0.15) is 0 Å². The molecule has 0 bridgehead atoms. The molecule has 54 heavy (non-hydrogen) atoms. The molecular formula is C48H41BIrN2O2-2. The van der Waals surface area contributed by atoms with E-state index in [1.807, 2.05) is 69.3 Å². The Hall–Kier alpha value is -5.29. The van der Waals surface area contributed by atoms with E-state index in [9.17, 15) is 0 Å². The first-order valence-corrected chi connectivity index (χ1v) is 17.3. The summed E-state index contributed by atoms with van der Waals surface area (Å²) in [4.78, 5) is 8.81. The van der Waals surface area contributed by atoms with Crippen LogP contribution in [0.5, 0.6) is 23.0 Å². The number of benzene rings is 5.